The number of ether oxygens (including phenoxy) is 2. The van der Waals surface area contributed by atoms with Crippen molar-refractivity contribution >= 4 is 44.9 Å². The highest BCUT2D eigenvalue weighted by molar-refractivity contribution is 14.1. The molecule has 42 heavy (non-hydrogen) atoms. The van der Waals surface area contributed by atoms with E-state index in [1.807, 2.05) is 18.2 Å². The fraction of sp³-hybridized carbons (Fsp3) is 0.562. The molecule has 2 atom stereocenters. The second-order valence-corrected chi connectivity index (χ2v) is 14.1. The minimum absolute atomic E-state index is 0.203. The van der Waals surface area contributed by atoms with E-state index in [0.29, 0.717) is 37.0 Å². The lowest BCUT2D eigenvalue weighted by atomic mass is 10.0. The number of benzene rings is 2. The number of piperazine rings is 1. The maximum absolute atomic E-state index is 10.6. The molecule has 3 aromatic rings. The van der Waals surface area contributed by atoms with Crippen molar-refractivity contribution in [1.82, 2.24) is 20.2 Å². The van der Waals surface area contributed by atoms with Crippen LogP contribution in [0.25, 0.3) is 10.8 Å². The number of hydrogen-bond donors (Lipinski definition) is 2. The van der Waals surface area contributed by atoms with Crippen LogP contribution in [0.1, 0.15) is 36.9 Å². The lowest BCUT2D eigenvalue weighted by Gasteiger charge is -2.37. The monoisotopic (exact) mass is 682 g/mol. The summed E-state index contributed by atoms with van der Waals surface area (Å²) in [6.07, 6.45) is 5.73. The van der Waals surface area contributed by atoms with Crippen LogP contribution in [0.3, 0.4) is 0 Å². The maximum atomic E-state index is 10.6. The van der Waals surface area contributed by atoms with Gasteiger partial charge in [0.2, 0.25) is 0 Å². The van der Waals surface area contributed by atoms with Crippen LogP contribution in [0.15, 0.2) is 30.3 Å². The summed E-state index contributed by atoms with van der Waals surface area (Å²) in [4.78, 5) is 17.6. The molecule has 0 spiro atoms. The molecular formula is C32H39IN6O3. The number of nitrogens with one attached hydrogen (secondary N) is 1. The van der Waals surface area contributed by atoms with Gasteiger partial charge in [-0.05, 0) is 72.2 Å². The number of aromatic hydroxyl groups is 1. The van der Waals surface area contributed by atoms with E-state index in [0.717, 1.165) is 81.5 Å². The Balaban J connectivity index is 1.10. The summed E-state index contributed by atoms with van der Waals surface area (Å²) >= 11 is 2.41. The summed E-state index contributed by atoms with van der Waals surface area (Å²) in [5.74, 6) is 1.37. The highest BCUT2D eigenvalue weighted by Crippen LogP contribution is 2.47. The molecule has 1 aliphatic carbocycles. The van der Waals surface area contributed by atoms with Gasteiger partial charge in [0, 0.05) is 83.0 Å². The van der Waals surface area contributed by atoms with Crippen molar-refractivity contribution in [2.24, 2.45) is 5.41 Å². The van der Waals surface area contributed by atoms with Crippen LogP contribution >= 0.6 is 22.6 Å². The van der Waals surface area contributed by atoms with Crippen molar-refractivity contribution in [3.63, 3.8) is 0 Å². The number of aromatic nitrogens is 2. The fourth-order valence-corrected chi connectivity index (χ4v) is 8.26. The van der Waals surface area contributed by atoms with Crippen LogP contribution in [-0.2, 0) is 17.7 Å². The van der Waals surface area contributed by atoms with Crippen molar-refractivity contribution in [2.45, 2.75) is 50.7 Å². The number of rotatable bonds is 7. The van der Waals surface area contributed by atoms with Crippen molar-refractivity contribution < 1.29 is 14.6 Å². The first-order chi connectivity index (χ1) is 20.5. The number of phenols is 1. The summed E-state index contributed by atoms with van der Waals surface area (Å²) in [6.45, 7) is 8.88. The third kappa shape index (κ3) is 5.28. The summed E-state index contributed by atoms with van der Waals surface area (Å²) in [5.41, 5.74) is 3.57. The number of hydrogen-bond acceptors (Lipinski definition) is 9. The van der Waals surface area contributed by atoms with E-state index < -0.39 is 0 Å². The van der Waals surface area contributed by atoms with E-state index in [4.69, 9.17) is 19.4 Å². The molecule has 0 radical (unpaired) electrons. The van der Waals surface area contributed by atoms with E-state index in [1.165, 1.54) is 40.2 Å². The molecule has 9 nitrogen and oxygen atoms in total. The molecule has 2 bridgehead atoms. The number of halogens is 1. The summed E-state index contributed by atoms with van der Waals surface area (Å²) in [7, 11) is 0. The van der Waals surface area contributed by atoms with Gasteiger partial charge in [-0.15, -0.1) is 0 Å². The van der Waals surface area contributed by atoms with Crippen LogP contribution in [0.4, 0.5) is 11.5 Å². The molecule has 0 amide bonds. The van der Waals surface area contributed by atoms with Gasteiger partial charge in [0.05, 0.1) is 32.1 Å². The van der Waals surface area contributed by atoms with Gasteiger partial charge in [-0.1, -0.05) is 12.1 Å². The Morgan fingerprint density at radius 1 is 1.05 bits per heavy atom. The van der Waals surface area contributed by atoms with Crippen LogP contribution in [0.2, 0.25) is 0 Å². The number of phenolic OH excluding ortho intramolecular Hbond substituents is 1. The standard InChI is InChI=1S/C32H39IN6O3/c33-26-3-1-2-21-14-24(40)15-28(29(21)26)38-9-6-25-27(18-38)35-31(36-30(25)39-16-22-4-5-23(17-39)34-22)42-20-32(7-8-32)19-37-10-12-41-13-11-37/h1-3,14-15,22-23,34,40H,4-13,16-20H2. The average molecular weight is 683 g/mol. The molecule has 2 aromatic carbocycles. The van der Waals surface area contributed by atoms with E-state index in [1.54, 1.807) is 0 Å². The Morgan fingerprint density at radius 2 is 1.86 bits per heavy atom. The van der Waals surface area contributed by atoms with Crippen LogP contribution in [-0.4, -0.2) is 91.1 Å². The molecule has 2 unspecified atom stereocenters. The van der Waals surface area contributed by atoms with E-state index in [2.05, 4.69) is 54.7 Å². The first-order valence-electron chi connectivity index (χ1n) is 15.5. The smallest absolute Gasteiger partial charge is 0.318 e. The Hall–Kier alpha value is -2.41. The van der Waals surface area contributed by atoms with Crippen molar-refractivity contribution in [3.8, 4) is 11.8 Å². The molecule has 222 valence electrons. The molecule has 8 rings (SSSR count). The predicted molar refractivity (Wildman–Crippen MR) is 172 cm³/mol. The van der Waals surface area contributed by atoms with Crippen LogP contribution < -0.4 is 19.9 Å². The second kappa shape index (κ2) is 10.9. The van der Waals surface area contributed by atoms with Crippen molar-refractivity contribution in [1.29, 1.82) is 0 Å². The number of morpholine rings is 1. The number of fused-ring (bicyclic) bond motifs is 4. The molecule has 10 heteroatoms. The molecular weight excluding hydrogens is 643 g/mol. The first kappa shape index (κ1) is 27.2. The van der Waals surface area contributed by atoms with Gasteiger partial charge in [0.1, 0.15) is 11.6 Å². The SMILES string of the molecule is Oc1cc(N2CCc3c(nc(OCC4(CN5CCOCC5)CC4)nc3N3CC4CCC(C3)N4)C2)c2c(I)cccc2c1. The molecule has 1 saturated carbocycles. The lowest BCUT2D eigenvalue weighted by Crippen LogP contribution is -2.52. The molecule has 3 saturated heterocycles. The second-order valence-electron chi connectivity index (χ2n) is 12.9. The van der Waals surface area contributed by atoms with Gasteiger partial charge in [-0.2, -0.15) is 9.97 Å². The van der Waals surface area contributed by atoms with E-state index in [9.17, 15) is 5.11 Å². The van der Waals surface area contributed by atoms with E-state index >= 15 is 0 Å². The molecule has 5 heterocycles. The Bertz CT molecular complexity index is 1480. The quantitative estimate of drug-likeness (QED) is 0.361. The van der Waals surface area contributed by atoms with Gasteiger partial charge in [-0.25, -0.2) is 0 Å². The normalized spacial score (nSPS) is 25.1. The number of nitrogens with zero attached hydrogens (tertiary/aromatic N) is 5. The third-order valence-corrected chi connectivity index (χ3v) is 10.8. The topological polar surface area (TPSA) is 86.2 Å². The minimum atomic E-state index is 0.203. The molecule has 2 N–H and O–H groups in total. The molecule has 5 aliphatic rings. The molecule has 4 fully saturated rings. The van der Waals surface area contributed by atoms with Gasteiger partial charge in [-0.3, -0.25) is 4.90 Å². The lowest BCUT2D eigenvalue weighted by molar-refractivity contribution is 0.0231. The Kier molecular flexibility index (Phi) is 7.08. The predicted octanol–water partition coefficient (Wildman–Crippen LogP) is 3.93. The summed E-state index contributed by atoms with van der Waals surface area (Å²) in [6, 6.07) is 11.6. The fourth-order valence-electron chi connectivity index (χ4n) is 7.46. The molecule has 1 aromatic heterocycles. The first-order valence-corrected chi connectivity index (χ1v) is 16.6. The third-order valence-electron chi connectivity index (χ3n) is 9.90. The average Bonchev–Trinajstić information content (AvgIpc) is 3.69. The van der Waals surface area contributed by atoms with Crippen molar-refractivity contribution in [2.75, 3.05) is 68.9 Å². The van der Waals surface area contributed by atoms with E-state index in [-0.39, 0.29) is 5.41 Å². The highest BCUT2D eigenvalue weighted by Gasteiger charge is 2.45. The largest absolute Gasteiger partial charge is 0.508 e. The zero-order valence-electron chi connectivity index (χ0n) is 24.0. The highest BCUT2D eigenvalue weighted by atomic mass is 127. The zero-order chi connectivity index (χ0) is 28.3. The summed E-state index contributed by atoms with van der Waals surface area (Å²) in [5, 5.41) is 16.6. The van der Waals surface area contributed by atoms with Crippen LogP contribution in [0.5, 0.6) is 11.8 Å². The molecule has 4 aliphatic heterocycles. The summed E-state index contributed by atoms with van der Waals surface area (Å²) < 4.78 is 13.3. The van der Waals surface area contributed by atoms with Gasteiger partial charge in [0.15, 0.2) is 0 Å². The zero-order valence-corrected chi connectivity index (χ0v) is 26.2. The van der Waals surface area contributed by atoms with Gasteiger partial charge >= 0.3 is 6.01 Å². The number of anilines is 2. The Morgan fingerprint density at radius 3 is 2.64 bits per heavy atom. The van der Waals surface area contributed by atoms with Gasteiger partial charge < -0.3 is 29.7 Å². The van der Waals surface area contributed by atoms with Crippen LogP contribution in [0, 0.1) is 8.99 Å². The maximum Gasteiger partial charge on any atom is 0.318 e. The Labute approximate surface area is 260 Å². The van der Waals surface area contributed by atoms with Gasteiger partial charge in [0.25, 0.3) is 0 Å². The van der Waals surface area contributed by atoms with Crippen molar-refractivity contribution in [3.05, 3.63) is 45.2 Å². The minimum Gasteiger partial charge on any atom is -0.508 e.